The van der Waals surface area contributed by atoms with Crippen molar-refractivity contribution in [3.05, 3.63) is 5.82 Å². The first-order valence-electron chi connectivity index (χ1n) is 6.61. The van der Waals surface area contributed by atoms with Gasteiger partial charge in [-0.15, -0.1) is 22.6 Å². The lowest BCUT2D eigenvalue weighted by Crippen LogP contribution is -2.29. The van der Waals surface area contributed by atoms with Crippen LogP contribution in [0.3, 0.4) is 0 Å². The van der Waals surface area contributed by atoms with Crippen LogP contribution in [0.1, 0.15) is 37.4 Å². The number of hydrogen-bond donors (Lipinski definition) is 1. The Bertz CT molecular complexity index is 369. The molecule has 1 saturated heterocycles. The SMILES string of the molecule is Cl.Cn1c(SCCCCF)nnc1C1CCCNC1. The van der Waals surface area contributed by atoms with Crippen LogP contribution in [0.15, 0.2) is 5.16 Å². The standard InChI is InChI=1S/C12H21FN4S.ClH/c1-17-11(10-5-4-7-14-9-10)15-16-12(17)18-8-3-2-6-13;/h10,14H,2-9H2,1H3;1H. The number of piperidine rings is 1. The molecule has 110 valence electrons. The molecule has 4 nitrogen and oxygen atoms in total. The number of halogens is 2. The van der Waals surface area contributed by atoms with Crippen molar-refractivity contribution in [3.63, 3.8) is 0 Å². The Morgan fingerprint density at radius 2 is 2.26 bits per heavy atom. The molecule has 1 aromatic rings. The van der Waals surface area contributed by atoms with Crippen LogP contribution in [0.4, 0.5) is 4.39 Å². The number of nitrogens with zero attached hydrogens (tertiary/aromatic N) is 3. The number of unbranched alkanes of at least 4 members (excludes halogenated alkanes) is 1. The Hall–Kier alpha value is -0.330. The van der Waals surface area contributed by atoms with Crippen molar-refractivity contribution in [2.75, 3.05) is 25.5 Å². The third-order valence-electron chi connectivity index (χ3n) is 3.29. The molecule has 19 heavy (non-hydrogen) atoms. The van der Waals surface area contributed by atoms with Crippen molar-refractivity contribution in [1.82, 2.24) is 20.1 Å². The van der Waals surface area contributed by atoms with E-state index in [1.54, 1.807) is 11.8 Å². The molecule has 7 heteroatoms. The molecule has 0 bridgehead atoms. The van der Waals surface area contributed by atoms with Crippen molar-refractivity contribution in [2.24, 2.45) is 7.05 Å². The maximum Gasteiger partial charge on any atom is 0.190 e. The number of rotatable bonds is 6. The molecule has 0 amide bonds. The topological polar surface area (TPSA) is 42.7 Å². The van der Waals surface area contributed by atoms with E-state index in [-0.39, 0.29) is 19.1 Å². The van der Waals surface area contributed by atoms with Crippen LogP contribution < -0.4 is 5.32 Å². The molecular formula is C12H22ClFN4S. The molecule has 2 heterocycles. The molecule has 1 N–H and O–H groups in total. The number of aromatic nitrogens is 3. The van der Waals surface area contributed by atoms with Crippen molar-refractivity contribution in [3.8, 4) is 0 Å². The lowest BCUT2D eigenvalue weighted by atomic mass is 9.99. The maximum absolute atomic E-state index is 12.0. The van der Waals surface area contributed by atoms with E-state index >= 15 is 0 Å². The zero-order valence-corrected chi connectivity index (χ0v) is 12.9. The molecule has 0 spiro atoms. The predicted octanol–water partition coefficient (Wildman–Crippen LogP) is 2.55. The summed E-state index contributed by atoms with van der Waals surface area (Å²) < 4.78 is 14.1. The third kappa shape index (κ3) is 4.61. The van der Waals surface area contributed by atoms with Gasteiger partial charge in [0.05, 0.1) is 6.67 Å². The molecule has 1 fully saturated rings. The smallest absolute Gasteiger partial charge is 0.190 e. The summed E-state index contributed by atoms with van der Waals surface area (Å²) in [7, 11) is 2.03. The van der Waals surface area contributed by atoms with Crippen LogP contribution in [0.25, 0.3) is 0 Å². The monoisotopic (exact) mass is 308 g/mol. The zero-order chi connectivity index (χ0) is 12.8. The summed E-state index contributed by atoms with van der Waals surface area (Å²) in [5, 5.41) is 12.9. The normalized spacial score (nSPS) is 19.2. The van der Waals surface area contributed by atoms with Crippen molar-refractivity contribution in [1.29, 1.82) is 0 Å². The fourth-order valence-corrected chi connectivity index (χ4v) is 3.16. The highest BCUT2D eigenvalue weighted by molar-refractivity contribution is 7.99. The average Bonchev–Trinajstić information content (AvgIpc) is 2.77. The van der Waals surface area contributed by atoms with Crippen LogP contribution in [0, 0.1) is 0 Å². The highest BCUT2D eigenvalue weighted by atomic mass is 35.5. The van der Waals surface area contributed by atoms with Crippen LogP contribution in [0.2, 0.25) is 0 Å². The minimum atomic E-state index is -0.224. The fraction of sp³-hybridized carbons (Fsp3) is 0.833. The number of alkyl halides is 1. The number of nitrogens with one attached hydrogen (secondary N) is 1. The third-order valence-corrected chi connectivity index (χ3v) is 4.40. The van der Waals surface area contributed by atoms with Crippen molar-refractivity contribution >= 4 is 24.2 Å². The molecule has 1 aliphatic heterocycles. The van der Waals surface area contributed by atoms with Gasteiger partial charge in [-0.1, -0.05) is 11.8 Å². The van der Waals surface area contributed by atoms with Gasteiger partial charge in [0.1, 0.15) is 5.82 Å². The lowest BCUT2D eigenvalue weighted by molar-refractivity contribution is 0.436. The largest absolute Gasteiger partial charge is 0.316 e. The summed E-state index contributed by atoms with van der Waals surface area (Å²) in [6, 6.07) is 0. The van der Waals surface area contributed by atoms with Gasteiger partial charge in [-0.3, -0.25) is 4.39 Å². The van der Waals surface area contributed by atoms with Crippen molar-refractivity contribution in [2.45, 2.75) is 36.8 Å². The molecule has 1 unspecified atom stereocenters. The maximum atomic E-state index is 12.0. The van der Waals surface area contributed by atoms with Gasteiger partial charge in [0.15, 0.2) is 5.16 Å². The van der Waals surface area contributed by atoms with E-state index in [0.717, 1.165) is 36.2 Å². The Morgan fingerprint density at radius 1 is 1.42 bits per heavy atom. The van der Waals surface area contributed by atoms with E-state index in [2.05, 4.69) is 20.1 Å². The second-order valence-corrected chi connectivity index (χ2v) is 5.75. The van der Waals surface area contributed by atoms with Gasteiger partial charge in [-0.2, -0.15) is 0 Å². The van der Waals surface area contributed by atoms with E-state index in [1.165, 1.54) is 12.8 Å². The van der Waals surface area contributed by atoms with Gasteiger partial charge >= 0.3 is 0 Å². The summed E-state index contributed by atoms with van der Waals surface area (Å²) in [6.45, 7) is 1.88. The van der Waals surface area contributed by atoms with Gasteiger partial charge in [-0.25, -0.2) is 0 Å². The Kier molecular flexibility index (Phi) is 7.71. The summed E-state index contributed by atoms with van der Waals surface area (Å²) >= 11 is 1.67. The summed E-state index contributed by atoms with van der Waals surface area (Å²) in [4.78, 5) is 0. The summed E-state index contributed by atoms with van der Waals surface area (Å²) in [5.41, 5.74) is 0. The molecule has 1 atom stereocenters. The molecule has 1 aliphatic rings. The van der Waals surface area contributed by atoms with Crippen molar-refractivity contribution < 1.29 is 4.39 Å². The quantitative estimate of drug-likeness (QED) is 0.648. The first-order valence-corrected chi connectivity index (χ1v) is 7.60. The van der Waals surface area contributed by atoms with Crippen LogP contribution in [-0.4, -0.2) is 40.3 Å². The van der Waals surface area contributed by atoms with E-state index < -0.39 is 0 Å². The summed E-state index contributed by atoms with van der Waals surface area (Å²) in [6.07, 6.45) is 3.93. The van der Waals surface area contributed by atoms with E-state index in [9.17, 15) is 4.39 Å². The Balaban J connectivity index is 0.00000180. The van der Waals surface area contributed by atoms with Crippen LogP contribution in [-0.2, 0) is 7.05 Å². The first-order chi connectivity index (χ1) is 8.83. The molecule has 0 aliphatic carbocycles. The van der Waals surface area contributed by atoms with Gasteiger partial charge in [0.25, 0.3) is 0 Å². The minimum absolute atomic E-state index is 0. The lowest BCUT2D eigenvalue weighted by Gasteiger charge is -2.21. The van der Waals surface area contributed by atoms with Crippen LogP contribution in [0.5, 0.6) is 0 Å². The molecule has 2 rings (SSSR count). The highest BCUT2D eigenvalue weighted by Gasteiger charge is 2.21. The fourth-order valence-electron chi connectivity index (χ4n) is 2.24. The van der Waals surface area contributed by atoms with Gasteiger partial charge < -0.3 is 9.88 Å². The zero-order valence-electron chi connectivity index (χ0n) is 11.3. The molecule has 0 radical (unpaired) electrons. The van der Waals surface area contributed by atoms with Gasteiger partial charge in [-0.05, 0) is 32.2 Å². The minimum Gasteiger partial charge on any atom is -0.316 e. The number of thioether (sulfide) groups is 1. The molecule has 0 saturated carbocycles. The molecular weight excluding hydrogens is 287 g/mol. The summed E-state index contributed by atoms with van der Waals surface area (Å²) in [5.74, 6) is 2.48. The van der Waals surface area contributed by atoms with E-state index in [0.29, 0.717) is 12.3 Å². The second-order valence-electron chi connectivity index (χ2n) is 4.69. The average molecular weight is 309 g/mol. The number of hydrogen-bond acceptors (Lipinski definition) is 4. The van der Waals surface area contributed by atoms with E-state index in [4.69, 9.17) is 0 Å². The van der Waals surface area contributed by atoms with Crippen LogP contribution >= 0.6 is 24.2 Å². The van der Waals surface area contributed by atoms with E-state index in [1.807, 2.05) is 7.05 Å². The first kappa shape index (κ1) is 16.7. The Morgan fingerprint density at radius 3 is 2.95 bits per heavy atom. The molecule has 1 aromatic heterocycles. The van der Waals surface area contributed by atoms with Gasteiger partial charge in [0.2, 0.25) is 0 Å². The second kappa shape index (κ2) is 8.76. The molecule has 0 aromatic carbocycles. The predicted molar refractivity (Wildman–Crippen MR) is 79.0 cm³/mol. The highest BCUT2D eigenvalue weighted by Crippen LogP contribution is 2.25. The Labute approximate surface area is 124 Å². The van der Waals surface area contributed by atoms with Gasteiger partial charge in [0, 0.05) is 25.3 Å².